The van der Waals surface area contributed by atoms with Crippen molar-refractivity contribution >= 4 is 23.3 Å². The van der Waals surface area contributed by atoms with Gasteiger partial charge >= 0.3 is 5.97 Å². The standard InChI is InChI=1S/C14H13ClN2O5/c1-16-7-11(17(19)20)6-12(16)14(18)22-8-9-5-10(15)3-4-13(9)21-2/h3-7H,8H2,1-2H3. The van der Waals surface area contributed by atoms with Crippen molar-refractivity contribution in [2.24, 2.45) is 7.05 Å². The Bertz CT molecular complexity index is 726. The number of hydrogen-bond donors (Lipinski definition) is 0. The van der Waals surface area contributed by atoms with Crippen molar-refractivity contribution in [1.29, 1.82) is 0 Å². The summed E-state index contributed by atoms with van der Waals surface area (Å²) in [5.74, 6) is -0.132. The van der Waals surface area contributed by atoms with Gasteiger partial charge in [0.1, 0.15) is 18.1 Å². The molecule has 0 unspecified atom stereocenters. The van der Waals surface area contributed by atoms with Crippen LogP contribution in [0.2, 0.25) is 5.02 Å². The highest BCUT2D eigenvalue weighted by Gasteiger charge is 2.19. The lowest BCUT2D eigenvalue weighted by Crippen LogP contribution is -2.10. The molecule has 0 N–H and O–H groups in total. The molecule has 0 fully saturated rings. The van der Waals surface area contributed by atoms with Gasteiger partial charge in [0, 0.05) is 23.7 Å². The van der Waals surface area contributed by atoms with Gasteiger partial charge in [0.05, 0.1) is 18.2 Å². The molecule has 0 saturated heterocycles. The number of nitrogens with zero attached hydrogens (tertiary/aromatic N) is 2. The molecule has 1 aromatic heterocycles. The van der Waals surface area contributed by atoms with Gasteiger partial charge in [0.2, 0.25) is 0 Å². The van der Waals surface area contributed by atoms with Gasteiger partial charge in [-0.15, -0.1) is 0 Å². The minimum atomic E-state index is -0.669. The summed E-state index contributed by atoms with van der Waals surface area (Å²) in [5.41, 5.74) is 0.523. The van der Waals surface area contributed by atoms with Crippen LogP contribution in [-0.4, -0.2) is 22.6 Å². The van der Waals surface area contributed by atoms with Gasteiger partial charge in [-0.1, -0.05) is 11.6 Å². The zero-order valence-electron chi connectivity index (χ0n) is 11.9. The van der Waals surface area contributed by atoms with Crippen LogP contribution in [0.3, 0.4) is 0 Å². The molecule has 0 spiro atoms. The van der Waals surface area contributed by atoms with Crippen molar-refractivity contribution in [3.63, 3.8) is 0 Å². The zero-order chi connectivity index (χ0) is 16.3. The van der Waals surface area contributed by atoms with Crippen molar-refractivity contribution in [2.75, 3.05) is 7.11 Å². The van der Waals surface area contributed by atoms with Gasteiger partial charge in [-0.3, -0.25) is 10.1 Å². The quantitative estimate of drug-likeness (QED) is 0.479. The number of benzene rings is 1. The predicted molar refractivity (Wildman–Crippen MR) is 79.2 cm³/mol. The van der Waals surface area contributed by atoms with E-state index in [1.165, 1.54) is 24.9 Å². The molecular formula is C14H13ClN2O5. The average Bonchev–Trinajstić information content (AvgIpc) is 2.87. The molecule has 1 aromatic carbocycles. The molecule has 2 aromatic rings. The smallest absolute Gasteiger partial charge is 0.355 e. The average molecular weight is 325 g/mol. The van der Waals surface area contributed by atoms with Gasteiger partial charge < -0.3 is 14.0 Å². The van der Waals surface area contributed by atoms with Crippen molar-refractivity contribution in [1.82, 2.24) is 4.57 Å². The lowest BCUT2D eigenvalue weighted by Gasteiger charge is -2.10. The van der Waals surface area contributed by atoms with Gasteiger partial charge in [0.15, 0.2) is 0 Å². The molecule has 0 amide bonds. The monoisotopic (exact) mass is 324 g/mol. The maximum Gasteiger partial charge on any atom is 0.355 e. The summed E-state index contributed by atoms with van der Waals surface area (Å²) in [4.78, 5) is 22.1. The van der Waals surface area contributed by atoms with E-state index in [1.54, 1.807) is 18.2 Å². The van der Waals surface area contributed by atoms with Crippen molar-refractivity contribution < 1.29 is 19.2 Å². The number of hydrogen-bond acceptors (Lipinski definition) is 5. The topological polar surface area (TPSA) is 83.6 Å². The highest BCUT2D eigenvalue weighted by atomic mass is 35.5. The third-order valence-corrected chi connectivity index (χ3v) is 3.25. The van der Waals surface area contributed by atoms with E-state index in [4.69, 9.17) is 21.1 Å². The van der Waals surface area contributed by atoms with Crippen molar-refractivity contribution in [2.45, 2.75) is 6.61 Å². The number of aryl methyl sites for hydroxylation is 1. The van der Waals surface area contributed by atoms with E-state index in [2.05, 4.69) is 0 Å². The SMILES string of the molecule is COc1ccc(Cl)cc1COC(=O)c1cc([N+](=O)[O-])cn1C. The first-order valence-corrected chi connectivity index (χ1v) is 6.60. The van der Waals surface area contributed by atoms with E-state index >= 15 is 0 Å². The lowest BCUT2D eigenvalue weighted by molar-refractivity contribution is -0.384. The molecule has 0 atom stereocenters. The van der Waals surface area contributed by atoms with Crippen LogP contribution in [-0.2, 0) is 18.4 Å². The third-order valence-electron chi connectivity index (χ3n) is 3.01. The molecule has 0 saturated carbocycles. The van der Waals surface area contributed by atoms with Gasteiger partial charge in [-0.2, -0.15) is 0 Å². The number of rotatable bonds is 5. The second-order valence-corrected chi connectivity index (χ2v) is 4.92. The molecule has 0 aliphatic heterocycles. The summed E-state index contributed by atoms with van der Waals surface area (Å²) in [6.07, 6.45) is 1.25. The maximum absolute atomic E-state index is 12.0. The van der Waals surface area contributed by atoms with E-state index in [9.17, 15) is 14.9 Å². The van der Waals surface area contributed by atoms with Crippen LogP contribution in [0.5, 0.6) is 5.75 Å². The summed E-state index contributed by atoms with van der Waals surface area (Å²) in [5, 5.41) is 11.2. The highest BCUT2D eigenvalue weighted by molar-refractivity contribution is 6.30. The van der Waals surface area contributed by atoms with Crippen LogP contribution in [0.25, 0.3) is 0 Å². The molecule has 0 bridgehead atoms. The van der Waals surface area contributed by atoms with Crippen LogP contribution in [0.4, 0.5) is 5.69 Å². The fourth-order valence-electron chi connectivity index (χ4n) is 1.93. The molecule has 0 radical (unpaired) electrons. The molecule has 1 heterocycles. The number of methoxy groups -OCH3 is 1. The van der Waals surface area contributed by atoms with Gasteiger partial charge in [-0.25, -0.2) is 4.79 Å². The fourth-order valence-corrected chi connectivity index (χ4v) is 2.12. The van der Waals surface area contributed by atoms with Crippen LogP contribution >= 0.6 is 11.6 Å². The first-order chi connectivity index (χ1) is 10.4. The van der Waals surface area contributed by atoms with Gasteiger partial charge in [-0.05, 0) is 18.2 Å². The second kappa shape index (κ2) is 6.48. The summed E-state index contributed by atoms with van der Waals surface area (Å²) in [6.45, 7) is -0.0540. The number of halogens is 1. The Morgan fingerprint density at radius 3 is 2.73 bits per heavy atom. The first kappa shape index (κ1) is 15.8. The largest absolute Gasteiger partial charge is 0.496 e. The predicted octanol–water partition coefficient (Wildman–Crippen LogP) is 2.95. The van der Waals surface area contributed by atoms with E-state index in [0.717, 1.165) is 6.07 Å². The van der Waals surface area contributed by atoms with Crippen molar-refractivity contribution in [3.05, 3.63) is 56.9 Å². The van der Waals surface area contributed by atoms with Crippen LogP contribution in [0.15, 0.2) is 30.5 Å². The lowest BCUT2D eigenvalue weighted by atomic mass is 10.2. The maximum atomic E-state index is 12.0. The normalized spacial score (nSPS) is 10.3. The second-order valence-electron chi connectivity index (χ2n) is 4.48. The number of ether oxygens (including phenoxy) is 2. The third kappa shape index (κ3) is 3.37. The molecule has 22 heavy (non-hydrogen) atoms. The zero-order valence-corrected chi connectivity index (χ0v) is 12.7. The van der Waals surface area contributed by atoms with E-state index in [0.29, 0.717) is 16.3 Å². The Labute approximate surface area is 131 Å². The number of nitro groups is 1. The van der Waals surface area contributed by atoms with E-state index < -0.39 is 10.9 Å². The van der Waals surface area contributed by atoms with E-state index in [-0.39, 0.29) is 18.0 Å². The summed E-state index contributed by atoms with van der Waals surface area (Å²) < 4.78 is 11.7. The summed E-state index contributed by atoms with van der Waals surface area (Å²) >= 11 is 5.89. The molecule has 116 valence electrons. The molecule has 8 heteroatoms. The Hall–Kier alpha value is -2.54. The van der Waals surface area contributed by atoms with Crippen molar-refractivity contribution in [3.8, 4) is 5.75 Å². The number of aromatic nitrogens is 1. The summed E-state index contributed by atoms with van der Waals surface area (Å²) in [7, 11) is 3.03. The Kier molecular flexibility index (Phi) is 4.67. The Balaban J connectivity index is 2.13. The Morgan fingerprint density at radius 2 is 2.14 bits per heavy atom. The summed E-state index contributed by atoms with van der Waals surface area (Å²) in [6, 6.07) is 6.11. The number of carbonyl (C=O) groups is 1. The Morgan fingerprint density at radius 1 is 1.41 bits per heavy atom. The van der Waals surface area contributed by atoms with Gasteiger partial charge in [0.25, 0.3) is 5.69 Å². The van der Waals surface area contributed by atoms with Crippen LogP contribution in [0.1, 0.15) is 16.1 Å². The molecule has 2 rings (SSSR count). The minimum Gasteiger partial charge on any atom is -0.496 e. The number of carbonyl (C=O) groups excluding carboxylic acids is 1. The first-order valence-electron chi connectivity index (χ1n) is 6.22. The molecule has 0 aliphatic carbocycles. The van der Waals surface area contributed by atoms with E-state index in [1.807, 2.05) is 0 Å². The molecule has 0 aliphatic rings. The molecule has 7 nitrogen and oxygen atoms in total. The molecular weight excluding hydrogens is 312 g/mol. The number of esters is 1. The van der Waals surface area contributed by atoms with Crippen LogP contribution in [0, 0.1) is 10.1 Å². The highest BCUT2D eigenvalue weighted by Crippen LogP contribution is 2.24. The fraction of sp³-hybridized carbons (Fsp3) is 0.214. The van der Waals surface area contributed by atoms with Crippen LogP contribution < -0.4 is 4.74 Å². The minimum absolute atomic E-state index is 0.0540.